The maximum Gasteiger partial charge on any atom is 0.138 e. The number of aliphatic hydroxyl groups is 1. The molecule has 5 rings (SSSR count). The molecule has 2 heterocycles. The second-order valence-corrected chi connectivity index (χ2v) is 8.92. The Labute approximate surface area is 178 Å². The topological polar surface area (TPSA) is 79.0 Å². The van der Waals surface area contributed by atoms with Gasteiger partial charge in [0.05, 0.1) is 38.5 Å². The number of pyridine rings is 1. The van der Waals surface area contributed by atoms with Crippen LogP contribution in [0.5, 0.6) is 11.5 Å². The molecular formula is C24H21N3O2S. The summed E-state index contributed by atoms with van der Waals surface area (Å²) < 4.78 is 7.25. The minimum absolute atomic E-state index is 0.203. The number of hydrogen-bond donors (Lipinski definition) is 1. The number of hydrogen-bond acceptors (Lipinski definition) is 6. The molecule has 0 aliphatic heterocycles. The first-order valence-electron chi connectivity index (χ1n) is 10.2. The molecule has 0 saturated heterocycles. The SMILES string of the molecule is N#Cc1ccc2c(Oc3ccc4nc(C[C@@H]5CCCC[C@H]5O)sc4c3)ccnc2c1. The maximum absolute atomic E-state index is 10.3. The largest absolute Gasteiger partial charge is 0.457 e. The van der Waals surface area contributed by atoms with Crippen LogP contribution in [0, 0.1) is 17.2 Å². The van der Waals surface area contributed by atoms with Crippen molar-refractivity contribution in [2.45, 2.75) is 38.2 Å². The van der Waals surface area contributed by atoms with E-state index in [9.17, 15) is 5.11 Å². The zero-order chi connectivity index (χ0) is 20.5. The zero-order valence-electron chi connectivity index (χ0n) is 16.4. The van der Waals surface area contributed by atoms with Crippen LogP contribution in [0.25, 0.3) is 21.1 Å². The summed E-state index contributed by atoms with van der Waals surface area (Å²) in [6, 6.07) is 15.3. The van der Waals surface area contributed by atoms with Crippen molar-refractivity contribution in [3.05, 3.63) is 59.2 Å². The van der Waals surface area contributed by atoms with Crippen molar-refractivity contribution in [1.29, 1.82) is 5.26 Å². The summed E-state index contributed by atoms with van der Waals surface area (Å²) >= 11 is 1.68. The second kappa shape index (κ2) is 8.02. The third kappa shape index (κ3) is 3.74. The average molecular weight is 416 g/mol. The number of aliphatic hydroxyl groups excluding tert-OH is 1. The van der Waals surface area contributed by atoms with Crippen molar-refractivity contribution in [1.82, 2.24) is 9.97 Å². The van der Waals surface area contributed by atoms with Gasteiger partial charge in [-0.15, -0.1) is 11.3 Å². The van der Waals surface area contributed by atoms with E-state index in [1.165, 1.54) is 6.42 Å². The minimum Gasteiger partial charge on any atom is -0.457 e. The number of nitriles is 1. The van der Waals surface area contributed by atoms with Crippen molar-refractivity contribution in [2.75, 3.05) is 0 Å². The lowest BCUT2D eigenvalue weighted by Gasteiger charge is -2.26. The van der Waals surface area contributed by atoms with Gasteiger partial charge in [-0.1, -0.05) is 12.8 Å². The second-order valence-electron chi connectivity index (χ2n) is 7.81. The Balaban J connectivity index is 1.40. The molecule has 2 aromatic heterocycles. The van der Waals surface area contributed by atoms with E-state index in [0.29, 0.717) is 17.2 Å². The van der Waals surface area contributed by atoms with E-state index in [1.54, 1.807) is 29.7 Å². The number of thiazole rings is 1. The lowest BCUT2D eigenvalue weighted by molar-refractivity contribution is 0.0700. The smallest absolute Gasteiger partial charge is 0.138 e. The Morgan fingerprint density at radius 3 is 2.87 bits per heavy atom. The lowest BCUT2D eigenvalue weighted by atomic mass is 9.84. The van der Waals surface area contributed by atoms with Crippen molar-refractivity contribution < 1.29 is 9.84 Å². The third-order valence-corrected chi connectivity index (χ3v) is 6.81. The summed E-state index contributed by atoms with van der Waals surface area (Å²) in [7, 11) is 0. The molecule has 0 unspecified atom stereocenters. The van der Waals surface area contributed by atoms with E-state index in [4.69, 9.17) is 15.0 Å². The summed E-state index contributed by atoms with van der Waals surface area (Å²) in [5, 5.41) is 21.3. The fourth-order valence-corrected chi connectivity index (χ4v) is 5.25. The van der Waals surface area contributed by atoms with E-state index >= 15 is 0 Å². The van der Waals surface area contributed by atoms with Gasteiger partial charge in [-0.3, -0.25) is 4.98 Å². The molecule has 0 bridgehead atoms. The summed E-state index contributed by atoms with van der Waals surface area (Å²) in [4.78, 5) is 9.12. The normalized spacial score (nSPS) is 19.1. The molecule has 150 valence electrons. The molecule has 2 aromatic carbocycles. The first kappa shape index (κ1) is 19.0. The molecule has 5 nitrogen and oxygen atoms in total. The van der Waals surface area contributed by atoms with Gasteiger partial charge in [0.15, 0.2) is 0 Å². The summed E-state index contributed by atoms with van der Waals surface area (Å²) in [5.41, 5.74) is 2.28. The Morgan fingerprint density at radius 2 is 2.00 bits per heavy atom. The van der Waals surface area contributed by atoms with Crippen LogP contribution in [-0.2, 0) is 6.42 Å². The quantitative estimate of drug-likeness (QED) is 0.469. The highest BCUT2D eigenvalue weighted by molar-refractivity contribution is 7.18. The Bertz CT molecular complexity index is 1260. The van der Waals surface area contributed by atoms with Crippen LogP contribution in [0.4, 0.5) is 0 Å². The highest BCUT2D eigenvalue weighted by Crippen LogP contribution is 2.34. The highest BCUT2D eigenvalue weighted by atomic mass is 32.1. The van der Waals surface area contributed by atoms with Gasteiger partial charge >= 0.3 is 0 Å². The van der Waals surface area contributed by atoms with Gasteiger partial charge in [0.2, 0.25) is 0 Å². The predicted octanol–water partition coefficient (Wildman–Crippen LogP) is 5.60. The zero-order valence-corrected chi connectivity index (χ0v) is 17.2. The number of fused-ring (bicyclic) bond motifs is 2. The molecule has 0 radical (unpaired) electrons. The molecule has 1 N–H and O–H groups in total. The fraction of sp³-hybridized carbons (Fsp3) is 0.292. The van der Waals surface area contributed by atoms with Gasteiger partial charge in [-0.2, -0.15) is 5.26 Å². The molecule has 1 fully saturated rings. The first-order valence-corrected chi connectivity index (χ1v) is 11.1. The van der Waals surface area contributed by atoms with E-state index < -0.39 is 0 Å². The van der Waals surface area contributed by atoms with Crippen LogP contribution >= 0.6 is 11.3 Å². The first-order chi connectivity index (χ1) is 14.7. The van der Waals surface area contributed by atoms with Gasteiger partial charge in [0.25, 0.3) is 0 Å². The Morgan fingerprint density at radius 1 is 1.10 bits per heavy atom. The van der Waals surface area contributed by atoms with Crippen molar-refractivity contribution in [3.8, 4) is 17.6 Å². The molecule has 1 saturated carbocycles. The summed E-state index contributed by atoms with van der Waals surface area (Å²) in [6.45, 7) is 0. The van der Waals surface area contributed by atoms with Gasteiger partial charge in [0, 0.05) is 24.1 Å². The molecular weight excluding hydrogens is 394 g/mol. The fourth-order valence-electron chi connectivity index (χ4n) is 4.16. The Hall–Kier alpha value is -3.01. The predicted molar refractivity (Wildman–Crippen MR) is 118 cm³/mol. The maximum atomic E-state index is 10.3. The average Bonchev–Trinajstić information content (AvgIpc) is 3.17. The summed E-state index contributed by atoms with van der Waals surface area (Å²) in [6.07, 6.45) is 6.63. The molecule has 6 heteroatoms. The van der Waals surface area contributed by atoms with E-state index in [1.807, 2.05) is 30.3 Å². The van der Waals surface area contributed by atoms with Crippen LogP contribution in [0.1, 0.15) is 36.3 Å². The highest BCUT2D eigenvalue weighted by Gasteiger charge is 2.24. The summed E-state index contributed by atoms with van der Waals surface area (Å²) in [5.74, 6) is 1.77. The molecule has 1 aliphatic carbocycles. The Kier molecular flexibility index (Phi) is 5.07. The van der Waals surface area contributed by atoms with Gasteiger partial charge in [-0.05, 0) is 55.2 Å². The molecule has 1 aliphatic rings. The van der Waals surface area contributed by atoms with E-state index in [-0.39, 0.29) is 6.10 Å². The minimum atomic E-state index is -0.203. The number of ether oxygens (including phenoxy) is 1. The monoisotopic (exact) mass is 415 g/mol. The van der Waals surface area contributed by atoms with Crippen LogP contribution in [-0.4, -0.2) is 21.2 Å². The van der Waals surface area contributed by atoms with Crippen LogP contribution in [0.15, 0.2) is 48.7 Å². The number of benzene rings is 2. The number of nitrogens with zero attached hydrogens (tertiary/aromatic N) is 3. The van der Waals surface area contributed by atoms with Crippen molar-refractivity contribution in [2.24, 2.45) is 5.92 Å². The van der Waals surface area contributed by atoms with Gasteiger partial charge < -0.3 is 9.84 Å². The van der Waals surface area contributed by atoms with Gasteiger partial charge in [0.1, 0.15) is 11.5 Å². The van der Waals surface area contributed by atoms with Gasteiger partial charge in [-0.25, -0.2) is 4.98 Å². The van der Waals surface area contributed by atoms with Crippen LogP contribution in [0.2, 0.25) is 0 Å². The number of aromatic nitrogens is 2. The molecule has 30 heavy (non-hydrogen) atoms. The van der Waals surface area contributed by atoms with E-state index in [0.717, 1.165) is 57.6 Å². The number of rotatable bonds is 4. The van der Waals surface area contributed by atoms with Crippen molar-refractivity contribution >= 4 is 32.5 Å². The molecule has 0 amide bonds. The molecule has 4 aromatic rings. The molecule has 0 spiro atoms. The van der Waals surface area contributed by atoms with Crippen molar-refractivity contribution in [3.63, 3.8) is 0 Å². The molecule has 2 atom stereocenters. The van der Waals surface area contributed by atoms with Crippen LogP contribution in [0.3, 0.4) is 0 Å². The third-order valence-electron chi connectivity index (χ3n) is 5.77. The standard InChI is InChI=1S/C24H21N3O2S/c25-14-15-5-7-18-20(11-15)26-10-9-22(18)29-17-6-8-19-23(13-17)30-24(27-19)12-16-3-1-2-4-21(16)28/h5-11,13,16,21,28H,1-4,12H2/t16-,21+/m0/s1. The van der Waals surface area contributed by atoms with Crippen LogP contribution < -0.4 is 4.74 Å². The van der Waals surface area contributed by atoms with E-state index in [2.05, 4.69) is 11.1 Å². The lowest BCUT2D eigenvalue weighted by Crippen LogP contribution is -2.26.